The second-order valence-corrected chi connectivity index (χ2v) is 4.90. The average Bonchev–Trinajstić information content (AvgIpc) is 2.52. The summed E-state index contributed by atoms with van der Waals surface area (Å²) in [6.45, 7) is 2.80. The van der Waals surface area contributed by atoms with Crippen LogP contribution in [0.5, 0.6) is 5.75 Å². The Morgan fingerprint density at radius 3 is 2.38 bits per heavy atom. The molecule has 0 aliphatic rings. The third-order valence-electron chi connectivity index (χ3n) is 3.34. The molecule has 0 saturated carbocycles. The first kappa shape index (κ1) is 15.1. The van der Waals surface area contributed by atoms with Gasteiger partial charge in [-0.25, -0.2) is 4.79 Å². The van der Waals surface area contributed by atoms with Crippen molar-refractivity contribution in [3.05, 3.63) is 54.1 Å². The second kappa shape index (κ2) is 7.48. The van der Waals surface area contributed by atoms with E-state index < -0.39 is 5.97 Å². The summed E-state index contributed by atoms with van der Waals surface area (Å²) in [6, 6.07) is 14.6. The summed E-state index contributed by atoms with van der Waals surface area (Å²) in [5.74, 6) is -0.186. The van der Waals surface area contributed by atoms with E-state index in [0.717, 1.165) is 30.6 Å². The first-order chi connectivity index (χ1) is 10.2. The van der Waals surface area contributed by atoms with Gasteiger partial charge in [0.2, 0.25) is 0 Å². The highest BCUT2D eigenvalue weighted by atomic mass is 16.5. The minimum atomic E-state index is -0.925. The molecule has 2 aromatic carbocycles. The van der Waals surface area contributed by atoms with Gasteiger partial charge in [0.1, 0.15) is 5.75 Å². The molecule has 0 aromatic heterocycles. The first-order valence-corrected chi connectivity index (χ1v) is 7.28. The van der Waals surface area contributed by atoms with Gasteiger partial charge in [-0.15, -0.1) is 0 Å². The number of unbranched alkanes of at least 4 members (excludes halogenated alkanes) is 2. The Morgan fingerprint density at radius 1 is 1.00 bits per heavy atom. The standard InChI is InChI=1S/C18H20O3/c1-2-3-8-13-21-17-12-7-6-10-15(17)14-9-4-5-11-16(14)18(19)20/h4-7,9-12H,2-3,8,13H2,1H3,(H,19,20). The van der Waals surface area contributed by atoms with Crippen LogP contribution in [0.4, 0.5) is 0 Å². The Bertz CT molecular complexity index is 605. The normalized spacial score (nSPS) is 10.3. The Balaban J connectivity index is 2.30. The number of para-hydroxylation sites is 1. The zero-order chi connectivity index (χ0) is 15.1. The topological polar surface area (TPSA) is 46.5 Å². The maximum Gasteiger partial charge on any atom is 0.336 e. The van der Waals surface area contributed by atoms with Crippen molar-refractivity contribution in [2.45, 2.75) is 26.2 Å². The Morgan fingerprint density at radius 2 is 1.67 bits per heavy atom. The van der Waals surface area contributed by atoms with E-state index in [0.29, 0.717) is 17.7 Å². The number of ether oxygens (including phenoxy) is 1. The number of carboxylic acids is 1. The highest BCUT2D eigenvalue weighted by Crippen LogP contribution is 2.32. The molecule has 2 rings (SSSR count). The maximum atomic E-state index is 11.4. The molecule has 0 atom stereocenters. The van der Waals surface area contributed by atoms with Gasteiger partial charge in [0.25, 0.3) is 0 Å². The van der Waals surface area contributed by atoms with E-state index in [2.05, 4.69) is 6.92 Å². The predicted molar refractivity (Wildman–Crippen MR) is 83.9 cm³/mol. The fraction of sp³-hybridized carbons (Fsp3) is 0.278. The molecule has 0 aliphatic heterocycles. The van der Waals surface area contributed by atoms with Crippen molar-refractivity contribution < 1.29 is 14.6 Å². The molecule has 21 heavy (non-hydrogen) atoms. The van der Waals surface area contributed by atoms with E-state index in [4.69, 9.17) is 4.74 Å². The molecule has 0 spiro atoms. The summed E-state index contributed by atoms with van der Waals surface area (Å²) < 4.78 is 5.84. The van der Waals surface area contributed by atoms with Crippen molar-refractivity contribution in [2.75, 3.05) is 6.61 Å². The average molecular weight is 284 g/mol. The van der Waals surface area contributed by atoms with Gasteiger partial charge in [-0.2, -0.15) is 0 Å². The van der Waals surface area contributed by atoms with Gasteiger partial charge in [-0.1, -0.05) is 56.2 Å². The molecule has 0 unspecified atom stereocenters. The third kappa shape index (κ3) is 3.85. The fourth-order valence-corrected chi connectivity index (χ4v) is 2.25. The Kier molecular flexibility index (Phi) is 5.38. The summed E-state index contributed by atoms with van der Waals surface area (Å²) in [4.78, 5) is 11.4. The summed E-state index contributed by atoms with van der Waals surface area (Å²) in [6.07, 6.45) is 3.28. The molecule has 110 valence electrons. The summed E-state index contributed by atoms with van der Waals surface area (Å²) in [7, 11) is 0. The lowest BCUT2D eigenvalue weighted by Gasteiger charge is -2.13. The summed E-state index contributed by atoms with van der Waals surface area (Å²) in [5.41, 5.74) is 1.81. The van der Waals surface area contributed by atoms with Crippen LogP contribution in [-0.2, 0) is 0 Å². The number of carbonyl (C=O) groups is 1. The number of benzene rings is 2. The maximum absolute atomic E-state index is 11.4. The van der Waals surface area contributed by atoms with E-state index >= 15 is 0 Å². The molecule has 0 bridgehead atoms. The van der Waals surface area contributed by atoms with Gasteiger partial charge >= 0.3 is 5.97 Å². The van der Waals surface area contributed by atoms with Crippen LogP contribution in [0.3, 0.4) is 0 Å². The zero-order valence-corrected chi connectivity index (χ0v) is 12.2. The van der Waals surface area contributed by atoms with E-state index in [9.17, 15) is 9.90 Å². The van der Waals surface area contributed by atoms with Gasteiger partial charge in [0.05, 0.1) is 12.2 Å². The minimum Gasteiger partial charge on any atom is -0.493 e. The van der Waals surface area contributed by atoms with E-state index in [-0.39, 0.29) is 0 Å². The lowest BCUT2D eigenvalue weighted by Crippen LogP contribution is -2.02. The van der Waals surface area contributed by atoms with E-state index in [1.807, 2.05) is 36.4 Å². The van der Waals surface area contributed by atoms with Gasteiger partial charge in [0, 0.05) is 5.56 Å². The largest absolute Gasteiger partial charge is 0.493 e. The molecule has 0 amide bonds. The lowest BCUT2D eigenvalue weighted by molar-refractivity contribution is 0.0697. The molecular formula is C18H20O3. The molecule has 2 aromatic rings. The molecule has 0 fully saturated rings. The van der Waals surface area contributed by atoms with Crippen LogP contribution in [0.2, 0.25) is 0 Å². The van der Waals surface area contributed by atoms with Crippen LogP contribution in [-0.4, -0.2) is 17.7 Å². The molecule has 0 heterocycles. The van der Waals surface area contributed by atoms with Crippen LogP contribution >= 0.6 is 0 Å². The highest BCUT2D eigenvalue weighted by Gasteiger charge is 2.14. The monoisotopic (exact) mass is 284 g/mol. The zero-order valence-electron chi connectivity index (χ0n) is 12.2. The predicted octanol–water partition coefficient (Wildman–Crippen LogP) is 4.62. The number of rotatable bonds is 7. The second-order valence-electron chi connectivity index (χ2n) is 4.90. The number of carboxylic acid groups (broad SMARTS) is 1. The number of hydrogen-bond donors (Lipinski definition) is 1. The SMILES string of the molecule is CCCCCOc1ccccc1-c1ccccc1C(=O)O. The first-order valence-electron chi connectivity index (χ1n) is 7.28. The Hall–Kier alpha value is -2.29. The molecule has 3 nitrogen and oxygen atoms in total. The van der Waals surface area contributed by atoms with E-state index in [1.165, 1.54) is 0 Å². The molecule has 1 N–H and O–H groups in total. The van der Waals surface area contributed by atoms with Gasteiger partial charge < -0.3 is 9.84 Å². The molecular weight excluding hydrogens is 264 g/mol. The lowest BCUT2D eigenvalue weighted by atomic mass is 9.99. The summed E-state index contributed by atoms with van der Waals surface area (Å²) in [5, 5.41) is 9.32. The quantitative estimate of drug-likeness (QED) is 0.754. The van der Waals surface area contributed by atoms with Gasteiger partial charge in [0.15, 0.2) is 0 Å². The van der Waals surface area contributed by atoms with Crippen LogP contribution in [0.25, 0.3) is 11.1 Å². The third-order valence-corrected chi connectivity index (χ3v) is 3.34. The van der Waals surface area contributed by atoms with Crippen molar-refractivity contribution in [3.63, 3.8) is 0 Å². The van der Waals surface area contributed by atoms with Crippen molar-refractivity contribution in [1.29, 1.82) is 0 Å². The highest BCUT2D eigenvalue weighted by molar-refractivity contribution is 5.96. The van der Waals surface area contributed by atoms with Gasteiger partial charge in [-0.3, -0.25) is 0 Å². The van der Waals surface area contributed by atoms with Gasteiger partial charge in [-0.05, 0) is 24.1 Å². The van der Waals surface area contributed by atoms with Crippen molar-refractivity contribution in [1.82, 2.24) is 0 Å². The smallest absolute Gasteiger partial charge is 0.336 e. The molecule has 0 radical (unpaired) electrons. The molecule has 0 saturated heterocycles. The van der Waals surface area contributed by atoms with E-state index in [1.54, 1.807) is 12.1 Å². The van der Waals surface area contributed by atoms with Crippen molar-refractivity contribution in [3.8, 4) is 16.9 Å². The van der Waals surface area contributed by atoms with Crippen LogP contribution in [0, 0.1) is 0 Å². The minimum absolute atomic E-state index is 0.294. The molecule has 3 heteroatoms. The van der Waals surface area contributed by atoms with Crippen molar-refractivity contribution in [2.24, 2.45) is 0 Å². The number of aromatic carboxylic acids is 1. The molecule has 0 aliphatic carbocycles. The van der Waals surface area contributed by atoms with Crippen molar-refractivity contribution >= 4 is 5.97 Å². The fourth-order valence-electron chi connectivity index (χ4n) is 2.25. The Labute approximate surface area is 125 Å². The van der Waals surface area contributed by atoms with Crippen LogP contribution in [0.15, 0.2) is 48.5 Å². The van der Waals surface area contributed by atoms with Crippen LogP contribution < -0.4 is 4.74 Å². The summed E-state index contributed by atoms with van der Waals surface area (Å²) >= 11 is 0. The number of hydrogen-bond acceptors (Lipinski definition) is 2. The van der Waals surface area contributed by atoms with Crippen LogP contribution in [0.1, 0.15) is 36.5 Å².